The summed E-state index contributed by atoms with van der Waals surface area (Å²) in [6.07, 6.45) is 0.153. The van der Waals surface area contributed by atoms with Gasteiger partial charge in [0.25, 0.3) is 17.7 Å². The molecule has 13 N–H and O–H groups in total. The number of aromatic carboxylic acids is 3. The minimum Gasteiger partial charge on any atom is -0.578 e. The van der Waals surface area contributed by atoms with Crippen LogP contribution in [-0.2, 0) is 37.9 Å². The van der Waals surface area contributed by atoms with Gasteiger partial charge in [0.2, 0.25) is 0 Å². The molecule has 6 rings (SSSR count). The van der Waals surface area contributed by atoms with E-state index in [1.54, 1.807) is 55.6 Å². The van der Waals surface area contributed by atoms with Gasteiger partial charge in [0, 0.05) is 75.8 Å². The molecule has 0 spiro atoms. The molecule has 0 unspecified atom stereocenters. The second-order valence-electron chi connectivity index (χ2n) is 19.8. The van der Waals surface area contributed by atoms with Gasteiger partial charge >= 0.3 is 36.1 Å². The molecular formula is C65H81N7O20P2S2-2. The van der Waals surface area contributed by atoms with Crippen molar-refractivity contribution in [1.82, 2.24) is 26.6 Å². The number of aryl methyl sites for hydroxylation is 2. The highest BCUT2D eigenvalue weighted by molar-refractivity contribution is 8.40. The fraction of sp³-hybridized carbons (Fsp3) is 0.246. The third-order valence-corrected chi connectivity index (χ3v) is 12.7. The van der Waals surface area contributed by atoms with E-state index in [0.717, 1.165) is 37.6 Å². The van der Waals surface area contributed by atoms with Crippen molar-refractivity contribution in [2.45, 2.75) is 74.0 Å². The third kappa shape index (κ3) is 43.4. The lowest BCUT2D eigenvalue weighted by Crippen LogP contribution is -2.31. The number of carbonyl (C=O) groups is 9. The monoisotopic (exact) mass is 1410 g/mol. The molecule has 31 heteroatoms. The average Bonchev–Trinajstić information content (AvgIpc) is 2.82. The Labute approximate surface area is 570 Å². The molecule has 0 radical (unpaired) electrons. The Bertz CT molecular complexity index is 3400. The molecule has 520 valence electrons. The molecule has 6 aromatic carbocycles. The Morgan fingerprint density at radius 3 is 0.927 bits per heavy atom. The second kappa shape index (κ2) is 49.2. The number of benzene rings is 6. The molecule has 0 aliphatic rings. The van der Waals surface area contributed by atoms with Crippen LogP contribution in [0.1, 0.15) is 122 Å². The van der Waals surface area contributed by atoms with Gasteiger partial charge in [-0.25, -0.2) is 24.0 Å². The fourth-order valence-electron chi connectivity index (χ4n) is 5.77. The number of carbonyl (C=O) groups excluding carboxylic acids is 6. The highest BCUT2D eigenvalue weighted by Gasteiger charge is 2.16. The maximum absolute atomic E-state index is 11.5. The van der Waals surface area contributed by atoms with Crippen molar-refractivity contribution >= 4 is 91.5 Å². The largest absolute Gasteiger partial charge is 0.578 e. The Morgan fingerprint density at radius 1 is 0.458 bits per heavy atom. The van der Waals surface area contributed by atoms with Gasteiger partial charge in [0.15, 0.2) is 0 Å². The van der Waals surface area contributed by atoms with E-state index in [9.17, 15) is 53.4 Å². The van der Waals surface area contributed by atoms with E-state index in [-0.39, 0.29) is 71.4 Å². The first-order valence-corrected chi connectivity index (χ1v) is 31.9. The maximum Gasteiger partial charge on any atom is 0.411 e. The van der Waals surface area contributed by atoms with Crippen LogP contribution in [0.2, 0.25) is 0 Å². The van der Waals surface area contributed by atoms with E-state index in [4.69, 9.17) is 49.8 Å². The lowest BCUT2D eigenvalue weighted by atomic mass is 10.1. The third-order valence-electron chi connectivity index (χ3n) is 10.0. The Morgan fingerprint density at radius 2 is 0.698 bits per heavy atom. The van der Waals surface area contributed by atoms with Crippen molar-refractivity contribution in [3.63, 3.8) is 0 Å². The van der Waals surface area contributed by atoms with E-state index in [1.165, 1.54) is 111 Å². The van der Waals surface area contributed by atoms with Crippen molar-refractivity contribution in [3.8, 4) is 23.0 Å². The number of phenolic OH excluding ortho intramolecular Hbond substituents is 1. The van der Waals surface area contributed by atoms with Crippen molar-refractivity contribution < 1.29 is 97.5 Å². The molecule has 0 bridgehead atoms. The van der Waals surface area contributed by atoms with Crippen LogP contribution in [0.25, 0.3) is 0 Å². The summed E-state index contributed by atoms with van der Waals surface area (Å²) in [6, 6.07) is 37.1. The Hall–Kier alpha value is -10.4. The van der Waals surface area contributed by atoms with E-state index >= 15 is 0 Å². The van der Waals surface area contributed by atoms with Crippen LogP contribution in [0.3, 0.4) is 0 Å². The average molecular weight is 1410 g/mol. The minimum absolute atomic E-state index is 0. The molecule has 6 aromatic rings. The quantitative estimate of drug-likeness (QED) is 0.0198. The molecule has 96 heavy (non-hydrogen) atoms. The second-order valence-corrected chi connectivity index (χ2v) is 24.0. The van der Waals surface area contributed by atoms with Gasteiger partial charge in [-0.3, -0.25) is 29.8 Å². The van der Waals surface area contributed by atoms with Crippen molar-refractivity contribution in [1.29, 1.82) is 0 Å². The van der Waals surface area contributed by atoms with Gasteiger partial charge in [-0.05, 0) is 207 Å². The summed E-state index contributed by atoms with van der Waals surface area (Å²) in [5.74, 6) is -4.78. The lowest BCUT2D eigenvalue weighted by molar-refractivity contribution is -0.343. The number of amides is 5. The fourth-order valence-corrected chi connectivity index (χ4v) is 5.77. The number of rotatable bonds is 15. The number of carboxylic acid groups (broad SMARTS) is 3. The minimum atomic E-state index is -1.08. The van der Waals surface area contributed by atoms with Gasteiger partial charge < -0.3 is 81.7 Å². The van der Waals surface area contributed by atoms with Crippen LogP contribution in [0, 0.1) is 13.8 Å². The summed E-state index contributed by atoms with van der Waals surface area (Å²) in [5, 5.41) is 69.3. The number of nitrogens with two attached hydrogens (primary N) is 2. The van der Waals surface area contributed by atoms with E-state index in [0.29, 0.717) is 16.7 Å². The smallest absolute Gasteiger partial charge is 0.411 e. The molecule has 27 nitrogen and oxygen atoms in total. The standard InChI is InChI=1S/C15H20N2O5.C14H17NO6.C9H9NO4.2C9H11NO.C7H6O3.CH5N.CH4.P2S2/c1-15(2,3)22-14(20)17-9-12(18)21-11-7-5-10(6-8-11)13(19)16-4;1-14(2,3)21-13(19)15-8-11(16)20-10-6-4-9(5-7-10)12(17)18;10-5-8(11)14-7-3-1-6(2-4-7)9(12)13;2*1-7-3-5-8(6-4-7)9(11)10-2;8-6-3-1-5(2-4-6)7(9)10;1-2;;3-1-2-4/h5-9,18H,1-4H3,(H,16,19)(H,17,20);4-8,16H,1-3H3,(H,15,19)(H,17,18);1-4H,5,10H2,(H,12,13);2*3-6H,1-2H3,(H,10,11);1-4,8H,(H,9,10);2H2,1H3;1H4;/p-2. The summed E-state index contributed by atoms with van der Waals surface area (Å²) in [4.78, 5) is 98.1. The predicted octanol–water partition coefficient (Wildman–Crippen LogP) is 8.53. The van der Waals surface area contributed by atoms with Crippen LogP contribution in [-0.4, -0.2) is 120 Å². The molecule has 0 aromatic heterocycles. The summed E-state index contributed by atoms with van der Waals surface area (Å²) in [7, 11) is 8.01. The molecule has 0 saturated carbocycles. The topological polar surface area (TPSA) is 439 Å². The zero-order valence-corrected chi connectivity index (χ0v) is 57.3. The molecular weight excluding hydrogens is 1320 g/mol. The maximum atomic E-state index is 11.5. The molecule has 0 aliphatic heterocycles. The molecule has 0 atom stereocenters. The van der Waals surface area contributed by atoms with Gasteiger partial charge in [0.05, 0.1) is 35.1 Å². The van der Waals surface area contributed by atoms with Gasteiger partial charge in [-0.15, -0.1) is 0 Å². The first kappa shape index (κ1) is 89.8. The zero-order valence-electron chi connectivity index (χ0n) is 53.9. The number of ether oxygens (including phenoxy) is 5. The Balaban J connectivity index is -0.00000108. The molecule has 5 amide bonds. The van der Waals surface area contributed by atoms with Crippen LogP contribution >= 0.6 is 14.1 Å². The first-order valence-electron chi connectivity index (χ1n) is 27.4. The van der Waals surface area contributed by atoms with E-state index in [2.05, 4.69) is 55.9 Å². The number of hydrogen-bond acceptors (Lipinski definition) is 21. The van der Waals surface area contributed by atoms with Crippen LogP contribution in [0.15, 0.2) is 170 Å². The number of phenols is 1. The van der Waals surface area contributed by atoms with E-state index < -0.39 is 59.2 Å². The highest BCUT2D eigenvalue weighted by Crippen LogP contribution is 2.17. The van der Waals surface area contributed by atoms with Crippen LogP contribution in [0.5, 0.6) is 23.0 Å². The van der Waals surface area contributed by atoms with Crippen molar-refractivity contribution in [3.05, 3.63) is 214 Å². The normalized spacial score (nSPS) is 10.1. The number of nitrogens with one attached hydrogen (secondary N) is 5. The lowest BCUT2D eigenvalue weighted by Gasteiger charge is -2.20. The molecule has 0 aliphatic carbocycles. The van der Waals surface area contributed by atoms with Crippen LogP contribution < -0.4 is 62.5 Å². The van der Waals surface area contributed by atoms with Crippen molar-refractivity contribution in [2.75, 3.05) is 34.7 Å². The zero-order chi connectivity index (χ0) is 72.9. The highest BCUT2D eigenvalue weighted by atomic mass is 32.7. The molecule has 0 fully saturated rings. The van der Waals surface area contributed by atoms with Gasteiger partial charge in [0.1, 0.15) is 22.7 Å². The van der Waals surface area contributed by atoms with Crippen molar-refractivity contribution in [2.24, 2.45) is 11.5 Å². The van der Waals surface area contributed by atoms with Crippen LogP contribution in [0.4, 0.5) is 9.59 Å². The number of esters is 1. The van der Waals surface area contributed by atoms with Gasteiger partial charge in [-0.1, -0.05) is 42.8 Å². The summed E-state index contributed by atoms with van der Waals surface area (Å²) >= 11 is 8.82. The first-order chi connectivity index (χ1) is 44.6. The molecule has 0 saturated heterocycles. The summed E-state index contributed by atoms with van der Waals surface area (Å²) in [6.45, 7) is 14.0. The predicted molar refractivity (Wildman–Crippen MR) is 367 cm³/mol. The number of carboxylic acids is 3. The number of hydrogen-bond donors (Lipinski definition) is 11. The SMILES string of the molecule is C.CC(C)(C)OC(=O)NC=C([O-])Oc1ccc(C(=O)O)cc1.CN.CNC(=O)c1ccc(C)cc1.CNC(=O)c1ccc(C)cc1.CNC(=O)c1ccc(OC([O-])=CNC(=O)OC(C)(C)C)cc1.NCC(=O)Oc1ccc(C(=O)O)cc1.O=C(O)c1ccc(O)cc1.S=PP=S. The van der Waals surface area contributed by atoms with E-state index in [1.807, 2.05) is 62.4 Å². The Kier molecular flexibility index (Phi) is 46.0. The molecule has 0 heterocycles. The number of alkyl carbamates (subject to hydrolysis) is 2. The summed E-state index contributed by atoms with van der Waals surface area (Å²) < 4.78 is 24.5. The van der Waals surface area contributed by atoms with Gasteiger partial charge in [-0.2, -0.15) is 0 Å². The number of aromatic hydroxyl groups is 1. The summed E-state index contributed by atoms with van der Waals surface area (Å²) in [5.41, 5.74) is 12.8.